The number of carboxylic acid groups (broad SMARTS) is 1. The molecule has 0 aliphatic carbocycles. The van der Waals surface area contributed by atoms with Gasteiger partial charge in [0.1, 0.15) is 0 Å². The van der Waals surface area contributed by atoms with Gasteiger partial charge in [-0.15, -0.1) is 0 Å². The Balaban J connectivity index is 3.80. The molecule has 3 heteroatoms. The first-order valence-corrected chi connectivity index (χ1v) is 5.54. The van der Waals surface area contributed by atoms with E-state index in [9.17, 15) is 4.79 Å². The summed E-state index contributed by atoms with van der Waals surface area (Å²) in [5.41, 5.74) is 0.574. The molecule has 0 aromatic heterocycles. The summed E-state index contributed by atoms with van der Waals surface area (Å²) in [6, 6.07) is 0. The van der Waals surface area contributed by atoms with Crippen LogP contribution < -0.4 is 5.32 Å². The van der Waals surface area contributed by atoms with E-state index in [4.69, 9.17) is 5.11 Å². The van der Waals surface area contributed by atoms with Crippen LogP contribution in [-0.4, -0.2) is 23.2 Å². The Morgan fingerprint density at radius 2 is 2.07 bits per heavy atom. The highest BCUT2D eigenvalue weighted by Gasteiger charge is 2.14. The molecule has 0 unspecified atom stereocenters. The van der Waals surface area contributed by atoms with E-state index >= 15 is 0 Å². The van der Waals surface area contributed by atoms with Crippen molar-refractivity contribution in [2.75, 3.05) is 6.54 Å². The van der Waals surface area contributed by atoms with Crippen molar-refractivity contribution >= 4 is 5.97 Å². The highest BCUT2D eigenvalue weighted by Crippen LogP contribution is 2.10. The lowest BCUT2D eigenvalue weighted by atomic mass is 9.99. The minimum absolute atomic E-state index is 0.152. The Labute approximate surface area is 92.6 Å². The lowest BCUT2D eigenvalue weighted by Crippen LogP contribution is -2.39. The van der Waals surface area contributed by atoms with Crippen molar-refractivity contribution in [1.82, 2.24) is 5.32 Å². The number of rotatable bonds is 7. The van der Waals surface area contributed by atoms with Gasteiger partial charge in [0.25, 0.3) is 0 Å². The highest BCUT2D eigenvalue weighted by atomic mass is 16.4. The zero-order chi connectivity index (χ0) is 11.9. The second kappa shape index (κ2) is 6.62. The summed E-state index contributed by atoms with van der Waals surface area (Å²) in [5, 5.41) is 12.1. The molecule has 0 aliphatic rings. The van der Waals surface area contributed by atoms with Crippen molar-refractivity contribution in [3.8, 4) is 0 Å². The highest BCUT2D eigenvalue weighted by molar-refractivity contribution is 5.85. The predicted molar refractivity (Wildman–Crippen MR) is 63.0 cm³/mol. The van der Waals surface area contributed by atoms with Crippen LogP contribution >= 0.6 is 0 Å². The molecule has 0 saturated carbocycles. The van der Waals surface area contributed by atoms with Gasteiger partial charge in [-0.3, -0.25) is 0 Å². The zero-order valence-corrected chi connectivity index (χ0v) is 10.3. The van der Waals surface area contributed by atoms with Gasteiger partial charge < -0.3 is 10.4 Å². The maximum atomic E-state index is 10.5. The Hall–Kier alpha value is -0.830. The van der Waals surface area contributed by atoms with Gasteiger partial charge in [0.15, 0.2) is 0 Å². The average molecular weight is 213 g/mol. The molecule has 15 heavy (non-hydrogen) atoms. The fourth-order valence-corrected chi connectivity index (χ4v) is 1.50. The van der Waals surface area contributed by atoms with E-state index in [1.54, 1.807) is 13.0 Å². The van der Waals surface area contributed by atoms with Crippen molar-refractivity contribution in [3.63, 3.8) is 0 Å². The summed E-state index contributed by atoms with van der Waals surface area (Å²) >= 11 is 0. The summed E-state index contributed by atoms with van der Waals surface area (Å²) < 4.78 is 0. The molecular weight excluding hydrogens is 190 g/mol. The number of carboxylic acids is 1. The van der Waals surface area contributed by atoms with Crippen molar-refractivity contribution in [1.29, 1.82) is 0 Å². The lowest BCUT2D eigenvalue weighted by molar-refractivity contribution is -0.132. The van der Waals surface area contributed by atoms with E-state index in [1.165, 1.54) is 0 Å². The summed E-state index contributed by atoms with van der Waals surface area (Å²) in [5.74, 6) is -0.831. The fourth-order valence-electron chi connectivity index (χ4n) is 1.50. The van der Waals surface area contributed by atoms with Crippen LogP contribution in [0, 0.1) is 0 Å². The minimum Gasteiger partial charge on any atom is -0.478 e. The van der Waals surface area contributed by atoms with Crippen molar-refractivity contribution in [3.05, 3.63) is 11.6 Å². The lowest BCUT2D eigenvalue weighted by Gasteiger charge is -2.25. The van der Waals surface area contributed by atoms with Gasteiger partial charge >= 0.3 is 5.97 Å². The van der Waals surface area contributed by atoms with Gasteiger partial charge in [0.2, 0.25) is 0 Å². The Kier molecular flexibility index (Phi) is 6.25. The second-order valence-corrected chi connectivity index (χ2v) is 4.54. The molecule has 0 rings (SSSR count). The van der Waals surface area contributed by atoms with Crippen LogP contribution in [0.5, 0.6) is 0 Å². The molecule has 0 aromatic carbocycles. The Morgan fingerprint density at radius 3 is 2.53 bits per heavy atom. The molecule has 0 aliphatic heterocycles. The van der Waals surface area contributed by atoms with Crippen LogP contribution in [0.25, 0.3) is 0 Å². The Morgan fingerprint density at radius 1 is 1.47 bits per heavy atom. The van der Waals surface area contributed by atoms with Crippen LogP contribution in [0.15, 0.2) is 11.6 Å². The molecule has 0 spiro atoms. The van der Waals surface area contributed by atoms with Crippen molar-refractivity contribution in [2.24, 2.45) is 0 Å². The molecule has 0 aromatic rings. The largest absolute Gasteiger partial charge is 0.478 e. The number of hydrogen-bond donors (Lipinski definition) is 2. The molecule has 0 saturated heterocycles. The molecule has 88 valence electrons. The molecule has 0 bridgehead atoms. The molecule has 0 fully saturated rings. The van der Waals surface area contributed by atoms with Crippen LogP contribution in [0.2, 0.25) is 0 Å². The fraction of sp³-hybridized carbons (Fsp3) is 0.750. The van der Waals surface area contributed by atoms with Gasteiger partial charge in [-0.2, -0.15) is 0 Å². The van der Waals surface area contributed by atoms with E-state index in [0.29, 0.717) is 5.57 Å². The summed E-state index contributed by atoms with van der Waals surface area (Å²) in [6.07, 6.45) is 4.82. The molecule has 0 heterocycles. The van der Waals surface area contributed by atoms with Crippen LogP contribution in [0.4, 0.5) is 0 Å². The first kappa shape index (κ1) is 14.2. The molecule has 0 atom stereocenters. The number of hydrogen-bond acceptors (Lipinski definition) is 2. The van der Waals surface area contributed by atoms with Crippen molar-refractivity contribution in [2.45, 2.75) is 52.5 Å². The summed E-state index contributed by atoms with van der Waals surface area (Å²) in [4.78, 5) is 10.5. The topological polar surface area (TPSA) is 49.3 Å². The van der Waals surface area contributed by atoms with Crippen LogP contribution in [-0.2, 0) is 4.79 Å². The first-order valence-electron chi connectivity index (χ1n) is 5.54. The molecule has 2 N–H and O–H groups in total. The first-order chi connectivity index (χ1) is 6.89. The normalized spacial score (nSPS) is 12.9. The van der Waals surface area contributed by atoms with E-state index in [1.807, 2.05) is 0 Å². The number of nitrogens with one attached hydrogen (secondary N) is 1. The standard InChI is InChI=1S/C12H23NO2/c1-5-8-12(3,4)13-9-6-7-10(2)11(14)15/h7,13H,5-6,8-9H2,1-4H3,(H,14,15). The Bertz CT molecular complexity index is 232. The second-order valence-electron chi connectivity index (χ2n) is 4.54. The number of aliphatic carboxylic acids is 1. The van der Waals surface area contributed by atoms with Crippen LogP contribution in [0.3, 0.4) is 0 Å². The third-order valence-corrected chi connectivity index (χ3v) is 2.41. The average Bonchev–Trinajstić information content (AvgIpc) is 2.11. The van der Waals surface area contributed by atoms with E-state index in [2.05, 4.69) is 26.1 Å². The zero-order valence-electron chi connectivity index (χ0n) is 10.3. The minimum atomic E-state index is -0.831. The summed E-state index contributed by atoms with van der Waals surface area (Å²) in [6.45, 7) is 8.96. The smallest absolute Gasteiger partial charge is 0.330 e. The third-order valence-electron chi connectivity index (χ3n) is 2.41. The predicted octanol–water partition coefficient (Wildman–Crippen LogP) is 2.58. The van der Waals surface area contributed by atoms with Crippen LogP contribution in [0.1, 0.15) is 47.0 Å². The van der Waals surface area contributed by atoms with Gasteiger partial charge in [-0.1, -0.05) is 19.4 Å². The molecule has 0 radical (unpaired) electrons. The molecular formula is C12H23NO2. The third kappa shape index (κ3) is 7.14. The van der Waals surface area contributed by atoms with Crippen molar-refractivity contribution < 1.29 is 9.90 Å². The number of carbonyl (C=O) groups is 1. The summed E-state index contributed by atoms with van der Waals surface area (Å²) in [7, 11) is 0. The van der Waals surface area contributed by atoms with Gasteiger partial charge in [-0.25, -0.2) is 4.79 Å². The van der Waals surface area contributed by atoms with Gasteiger partial charge in [0, 0.05) is 11.1 Å². The maximum Gasteiger partial charge on any atom is 0.330 e. The van der Waals surface area contributed by atoms with E-state index in [-0.39, 0.29) is 5.54 Å². The van der Waals surface area contributed by atoms with Gasteiger partial charge in [0.05, 0.1) is 0 Å². The van der Waals surface area contributed by atoms with E-state index < -0.39 is 5.97 Å². The molecule has 3 nitrogen and oxygen atoms in total. The molecule has 0 amide bonds. The quantitative estimate of drug-likeness (QED) is 0.505. The van der Waals surface area contributed by atoms with Gasteiger partial charge in [-0.05, 0) is 40.2 Å². The van der Waals surface area contributed by atoms with E-state index in [0.717, 1.165) is 25.8 Å². The SMILES string of the molecule is CCCC(C)(C)NCCC=C(C)C(=O)O. The maximum absolute atomic E-state index is 10.5. The monoisotopic (exact) mass is 213 g/mol.